The molecule has 0 saturated carbocycles. The van der Waals surface area contributed by atoms with Gasteiger partial charge in [-0.15, -0.1) is 0 Å². The lowest BCUT2D eigenvalue weighted by atomic mass is 9.62. The molecule has 3 heterocycles. The number of Topliss-reactive ketones (excluding diaryl/α,β-unsaturated/α-hetero) is 2. The molecule has 3 aliphatic heterocycles. The highest BCUT2D eigenvalue weighted by Crippen LogP contribution is 2.62. The molecule has 216 valence electrons. The third kappa shape index (κ3) is 4.06. The van der Waals surface area contributed by atoms with Crippen LogP contribution in [-0.4, -0.2) is 35.0 Å². The number of nitrogens with one attached hydrogen (secondary N) is 1. The summed E-state index contributed by atoms with van der Waals surface area (Å²) < 4.78 is 5.39. The minimum absolute atomic E-state index is 0.142. The van der Waals surface area contributed by atoms with E-state index in [1.165, 1.54) is 6.07 Å². The maximum atomic E-state index is 14.9. The normalized spacial score (nSPS) is 22.5. The minimum Gasteiger partial charge on any atom is -0.479 e. The molecule has 1 N–H and O–H groups in total. The minimum atomic E-state index is -1.47. The Labute approximate surface area is 263 Å². The van der Waals surface area contributed by atoms with Gasteiger partial charge in [0.05, 0.1) is 17.0 Å². The molecule has 3 aliphatic rings. The number of amides is 1. The third-order valence-electron chi connectivity index (χ3n) is 8.76. The third-order valence-corrected chi connectivity index (χ3v) is 9.31. The summed E-state index contributed by atoms with van der Waals surface area (Å²) in [6.45, 7) is -0.142. The van der Waals surface area contributed by atoms with Gasteiger partial charge in [0.2, 0.25) is 5.91 Å². The van der Waals surface area contributed by atoms with E-state index in [0.29, 0.717) is 27.6 Å². The molecule has 9 heteroatoms. The highest BCUT2D eigenvalue weighted by molar-refractivity contribution is 6.37. The lowest BCUT2D eigenvalue weighted by molar-refractivity contribution is -0.122. The molecule has 4 aromatic rings. The summed E-state index contributed by atoms with van der Waals surface area (Å²) >= 11 is 12.8. The molecule has 4 aromatic carbocycles. The topological polar surface area (TPSA) is 99.5 Å². The molecule has 44 heavy (non-hydrogen) atoms. The Morgan fingerprint density at radius 1 is 0.955 bits per heavy atom. The average Bonchev–Trinajstić information content (AvgIpc) is 3.51. The average molecular weight is 620 g/mol. The number of ketones is 2. The first-order chi connectivity index (χ1) is 21.4. The van der Waals surface area contributed by atoms with E-state index in [9.17, 15) is 14.4 Å². The van der Waals surface area contributed by atoms with Crippen LogP contribution in [0, 0.1) is 17.2 Å². The molecule has 1 fully saturated rings. The fourth-order valence-electron chi connectivity index (χ4n) is 7.03. The molecule has 0 radical (unpaired) electrons. The Kier molecular flexibility index (Phi) is 6.77. The van der Waals surface area contributed by atoms with E-state index in [2.05, 4.69) is 5.32 Å². The predicted octanol–water partition coefficient (Wildman–Crippen LogP) is 6.88. The van der Waals surface area contributed by atoms with Gasteiger partial charge in [0.15, 0.2) is 18.2 Å². The summed E-state index contributed by atoms with van der Waals surface area (Å²) in [7, 11) is 0. The van der Waals surface area contributed by atoms with Crippen LogP contribution in [0.4, 0.5) is 5.69 Å². The van der Waals surface area contributed by atoms with Crippen molar-refractivity contribution in [2.24, 2.45) is 5.92 Å². The molecule has 0 unspecified atom stereocenters. The van der Waals surface area contributed by atoms with E-state index in [0.717, 1.165) is 11.1 Å². The number of rotatable bonds is 6. The van der Waals surface area contributed by atoms with Crippen molar-refractivity contribution in [1.29, 1.82) is 5.26 Å². The molecule has 7 rings (SSSR count). The van der Waals surface area contributed by atoms with Crippen LogP contribution in [0.15, 0.2) is 97.2 Å². The number of carbonyl (C=O) groups excluding carboxylic acids is 3. The van der Waals surface area contributed by atoms with E-state index in [-0.39, 0.29) is 28.9 Å². The number of hydrogen-bond acceptors (Lipinski definition) is 6. The first-order valence-electron chi connectivity index (χ1n) is 13.9. The molecule has 0 bridgehead atoms. The lowest BCUT2D eigenvalue weighted by Gasteiger charge is -2.38. The van der Waals surface area contributed by atoms with Gasteiger partial charge in [-0.3, -0.25) is 14.4 Å². The van der Waals surface area contributed by atoms with Crippen LogP contribution in [0.5, 0.6) is 5.75 Å². The molecule has 0 aromatic heterocycles. The smallest absolute Gasteiger partial charge is 0.238 e. The van der Waals surface area contributed by atoms with Crippen molar-refractivity contribution in [2.75, 3.05) is 11.9 Å². The van der Waals surface area contributed by atoms with Crippen LogP contribution in [-0.2, 0) is 10.2 Å². The number of benzene rings is 4. The van der Waals surface area contributed by atoms with Crippen LogP contribution >= 0.6 is 23.2 Å². The van der Waals surface area contributed by atoms with E-state index in [1.54, 1.807) is 36.4 Å². The molecule has 7 nitrogen and oxygen atoms in total. The van der Waals surface area contributed by atoms with E-state index in [4.69, 9.17) is 33.2 Å². The maximum Gasteiger partial charge on any atom is 0.238 e. The zero-order valence-electron chi connectivity index (χ0n) is 23.0. The van der Waals surface area contributed by atoms with Crippen LogP contribution in [0.1, 0.15) is 43.4 Å². The zero-order valence-corrected chi connectivity index (χ0v) is 24.5. The first-order valence-corrected chi connectivity index (χ1v) is 14.7. The monoisotopic (exact) mass is 619 g/mol. The molecular formula is C35H23Cl2N3O4. The number of para-hydroxylation sites is 1. The number of hydrogen-bond donors (Lipinski definition) is 1. The highest BCUT2D eigenvalue weighted by atomic mass is 35.5. The van der Waals surface area contributed by atoms with Gasteiger partial charge in [-0.1, -0.05) is 65.7 Å². The van der Waals surface area contributed by atoms with Gasteiger partial charge < -0.3 is 15.0 Å². The van der Waals surface area contributed by atoms with Crippen LogP contribution in [0.25, 0.3) is 6.08 Å². The predicted molar refractivity (Wildman–Crippen MR) is 167 cm³/mol. The lowest BCUT2D eigenvalue weighted by Crippen LogP contribution is -2.49. The second kappa shape index (κ2) is 10.7. The van der Waals surface area contributed by atoms with Crippen LogP contribution in [0.2, 0.25) is 10.0 Å². The van der Waals surface area contributed by atoms with Crippen molar-refractivity contribution in [1.82, 2.24) is 4.90 Å². The van der Waals surface area contributed by atoms with Gasteiger partial charge >= 0.3 is 0 Å². The number of fused-ring (bicyclic) bond motifs is 6. The quantitative estimate of drug-likeness (QED) is 0.236. The fraction of sp³-hybridized carbons (Fsp3) is 0.143. The fourth-order valence-corrected chi connectivity index (χ4v) is 7.53. The van der Waals surface area contributed by atoms with E-state index < -0.39 is 29.2 Å². The number of nitrogens with zero attached hydrogens (tertiary/aromatic N) is 2. The molecule has 1 spiro atoms. The number of anilines is 1. The Morgan fingerprint density at radius 3 is 2.48 bits per heavy atom. The molecule has 0 aliphatic carbocycles. The number of carbonyl (C=O) groups is 3. The summed E-state index contributed by atoms with van der Waals surface area (Å²) in [6.07, 6.45) is 3.71. The molecule has 4 atom stereocenters. The SMILES string of the molecule is N#CCOc1ccc(C(=O)[C@@H]2[C@H](C(=O)c3ccc(Cl)cc3Cl)N3C=Cc4ccccc4[C@@H]3[C@@]23C(=O)Nc2ccccc23)cc1. The van der Waals surface area contributed by atoms with Gasteiger partial charge in [-0.05, 0) is 71.3 Å². The van der Waals surface area contributed by atoms with Crippen molar-refractivity contribution >= 4 is 52.4 Å². The number of halogens is 2. The van der Waals surface area contributed by atoms with Crippen LogP contribution < -0.4 is 10.1 Å². The second-order valence-electron chi connectivity index (χ2n) is 10.9. The van der Waals surface area contributed by atoms with Crippen molar-refractivity contribution in [2.45, 2.75) is 17.5 Å². The van der Waals surface area contributed by atoms with Crippen molar-refractivity contribution in [3.05, 3.63) is 135 Å². The van der Waals surface area contributed by atoms with Gasteiger partial charge in [0.1, 0.15) is 23.3 Å². The van der Waals surface area contributed by atoms with E-state index in [1.807, 2.05) is 71.8 Å². The van der Waals surface area contributed by atoms with Crippen molar-refractivity contribution in [3.63, 3.8) is 0 Å². The Balaban J connectivity index is 1.49. The molecule has 1 amide bonds. The van der Waals surface area contributed by atoms with Gasteiger partial charge in [0, 0.05) is 28.0 Å². The largest absolute Gasteiger partial charge is 0.479 e. The maximum absolute atomic E-state index is 14.9. The summed E-state index contributed by atoms with van der Waals surface area (Å²) in [6, 6.07) is 26.2. The second-order valence-corrected chi connectivity index (χ2v) is 11.8. The Hall–Kier alpha value is -4.90. The Morgan fingerprint density at radius 2 is 1.70 bits per heavy atom. The first kappa shape index (κ1) is 27.9. The van der Waals surface area contributed by atoms with Gasteiger partial charge in [-0.25, -0.2) is 0 Å². The standard InChI is InChI=1S/C35H23Cl2N3O4/c36-22-11-14-25(27(37)19-22)32(42)30-29(31(41)21-9-12-23(13-10-21)44-18-16-38)35(26-7-3-4-8-28(26)39-34(35)43)33-24-6-2-1-5-20(24)15-17-40(30)33/h1-15,17,19,29-30,33H,18H2,(H,39,43)/t29-,30+,33+,35-/m0/s1. The van der Waals surface area contributed by atoms with Gasteiger partial charge in [-0.2, -0.15) is 5.26 Å². The summed E-state index contributed by atoms with van der Waals surface area (Å²) in [5, 5.41) is 12.5. The number of ether oxygens (including phenoxy) is 1. The van der Waals surface area contributed by atoms with Crippen LogP contribution in [0.3, 0.4) is 0 Å². The Bertz CT molecular complexity index is 1930. The summed E-state index contributed by atoms with van der Waals surface area (Å²) in [5.41, 5.74) is 2.01. The van der Waals surface area contributed by atoms with Gasteiger partial charge in [0.25, 0.3) is 0 Å². The summed E-state index contributed by atoms with van der Waals surface area (Å²) in [5.74, 6) is -1.88. The highest BCUT2D eigenvalue weighted by Gasteiger charge is 2.70. The van der Waals surface area contributed by atoms with Crippen molar-refractivity contribution < 1.29 is 19.1 Å². The summed E-state index contributed by atoms with van der Waals surface area (Å²) in [4.78, 5) is 46.0. The van der Waals surface area contributed by atoms with E-state index >= 15 is 0 Å². The zero-order chi connectivity index (χ0) is 30.6. The molecule has 1 saturated heterocycles. The number of nitriles is 1. The molecular weight excluding hydrogens is 597 g/mol. The van der Waals surface area contributed by atoms with Crippen molar-refractivity contribution in [3.8, 4) is 11.8 Å².